The van der Waals surface area contributed by atoms with E-state index in [0.29, 0.717) is 11.9 Å². The first-order chi connectivity index (χ1) is 8.25. The number of rotatable bonds is 2. The minimum atomic E-state index is -0.255. The molecule has 5 heteroatoms. The van der Waals surface area contributed by atoms with Crippen LogP contribution in [-0.2, 0) is 0 Å². The number of nitrogens with two attached hydrogens (primary N) is 1. The second-order valence-corrected chi connectivity index (χ2v) is 4.36. The first-order valence-corrected chi connectivity index (χ1v) is 5.72. The molecule has 0 saturated heterocycles. The maximum atomic E-state index is 12.9. The van der Waals surface area contributed by atoms with Gasteiger partial charge in [0.25, 0.3) is 0 Å². The maximum absolute atomic E-state index is 12.9. The van der Waals surface area contributed by atoms with Gasteiger partial charge in [0.2, 0.25) is 0 Å². The second kappa shape index (κ2) is 3.84. The van der Waals surface area contributed by atoms with Crippen molar-refractivity contribution in [3.8, 4) is 11.3 Å². The molecular formula is C12H13FN4. The summed E-state index contributed by atoms with van der Waals surface area (Å²) >= 11 is 0. The van der Waals surface area contributed by atoms with E-state index in [9.17, 15) is 4.39 Å². The van der Waals surface area contributed by atoms with Crippen LogP contribution in [0.4, 0.5) is 10.2 Å². The fraction of sp³-hybridized carbons (Fsp3) is 0.333. The highest BCUT2D eigenvalue weighted by Crippen LogP contribution is 2.36. The Hall–Kier alpha value is -1.91. The molecule has 1 heterocycles. The fourth-order valence-corrected chi connectivity index (χ4v) is 2.08. The Bertz CT molecular complexity index is 528. The largest absolute Gasteiger partial charge is 0.380 e. The summed E-state index contributed by atoms with van der Waals surface area (Å²) in [4.78, 5) is 0. The normalized spacial score (nSPS) is 15.8. The van der Waals surface area contributed by atoms with Gasteiger partial charge in [-0.1, -0.05) is 5.21 Å². The van der Waals surface area contributed by atoms with Gasteiger partial charge in [-0.25, -0.2) is 9.07 Å². The second-order valence-electron chi connectivity index (χ2n) is 4.36. The molecule has 0 spiro atoms. The van der Waals surface area contributed by atoms with Gasteiger partial charge < -0.3 is 5.73 Å². The topological polar surface area (TPSA) is 56.7 Å². The number of nitrogen functional groups attached to an aromatic ring is 1. The zero-order chi connectivity index (χ0) is 11.8. The predicted octanol–water partition coefficient (Wildman–Crippen LogP) is 2.39. The molecule has 0 radical (unpaired) electrons. The van der Waals surface area contributed by atoms with Crippen LogP contribution in [0.2, 0.25) is 0 Å². The number of aromatic nitrogens is 3. The average Bonchev–Trinajstić information content (AvgIpc) is 2.60. The highest BCUT2D eigenvalue weighted by molar-refractivity contribution is 5.69. The van der Waals surface area contributed by atoms with Gasteiger partial charge in [-0.2, -0.15) is 0 Å². The van der Waals surface area contributed by atoms with E-state index in [1.165, 1.54) is 18.6 Å². The highest BCUT2D eigenvalue weighted by Gasteiger charge is 2.25. The lowest BCUT2D eigenvalue weighted by Crippen LogP contribution is -2.19. The van der Waals surface area contributed by atoms with Gasteiger partial charge >= 0.3 is 0 Å². The molecule has 1 fully saturated rings. The predicted molar refractivity (Wildman–Crippen MR) is 62.7 cm³/mol. The molecule has 88 valence electrons. The van der Waals surface area contributed by atoms with Crippen LogP contribution >= 0.6 is 0 Å². The summed E-state index contributed by atoms with van der Waals surface area (Å²) in [5.41, 5.74) is 7.50. The van der Waals surface area contributed by atoms with Crippen LogP contribution in [0, 0.1) is 5.82 Å². The number of anilines is 1. The van der Waals surface area contributed by atoms with Gasteiger partial charge in [0, 0.05) is 5.56 Å². The monoisotopic (exact) mass is 232 g/mol. The van der Waals surface area contributed by atoms with Crippen LogP contribution in [0.5, 0.6) is 0 Å². The summed E-state index contributed by atoms with van der Waals surface area (Å²) in [7, 11) is 0. The van der Waals surface area contributed by atoms with Crippen molar-refractivity contribution in [1.29, 1.82) is 0 Å². The lowest BCUT2D eigenvalue weighted by Gasteiger charge is -2.26. The third-order valence-corrected chi connectivity index (χ3v) is 3.26. The molecule has 1 saturated carbocycles. The van der Waals surface area contributed by atoms with Crippen molar-refractivity contribution in [3.05, 3.63) is 30.1 Å². The molecule has 17 heavy (non-hydrogen) atoms. The summed E-state index contributed by atoms with van der Waals surface area (Å²) < 4.78 is 14.8. The molecule has 0 unspecified atom stereocenters. The molecular weight excluding hydrogens is 219 g/mol. The minimum absolute atomic E-state index is 0.255. The first kappa shape index (κ1) is 10.3. The Morgan fingerprint density at radius 3 is 2.53 bits per heavy atom. The molecule has 3 rings (SSSR count). The first-order valence-electron chi connectivity index (χ1n) is 5.72. The van der Waals surface area contributed by atoms with Gasteiger partial charge in [-0.3, -0.25) is 0 Å². The Kier molecular flexibility index (Phi) is 2.31. The Morgan fingerprint density at radius 1 is 1.24 bits per heavy atom. The van der Waals surface area contributed by atoms with Crippen LogP contribution in [0.3, 0.4) is 0 Å². The van der Waals surface area contributed by atoms with E-state index in [1.54, 1.807) is 12.1 Å². The maximum Gasteiger partial charge on any atom is 0.174 e. The molecule has 4 nitrogen and oxygen atoms in total. The van der Waals surface area contributed by atoms with Crippen molar-refractivity contribution in [2.24, 2.45) is 0 Å². The third kappa shape index (κ3) is 1.67. The van der Waals surface area contributed by atoms with E-state index in [-0.39, 0.29) is 5.82 Å². The lowest BCUT2D eigenvalue weighted by atomic mass is 9.93. The SMILES string of the molecule is Nc1nnn(C2CCC2)c1-c1ccc(F)cc1. The Morgan fingerprint density at radius 2 is 1.94 bits per heavy atom. The number of hydrogen-bond donors (Lipinski definition) is 1. The van der Waals surface area contributed by atoms with Crippen LogP contribution in [0.1, 0.15) is 25.3 Å². The smallest absolute Gasteiger partial charge is 0.174 e. The van der Waals surface area contributed by atoms with Crippen molar-refractivity contribution >= 4 is 5.82 Å². The van der Waals surface area contributed by atoms with E-state index in [4.69, 9.17) is 5.73 Å². The standard InChI is InChI=1S/C12H13FN4/c13-9-6-4-8(5-7-9)11-12(14)15-16-17(11)10-2-1-3-10/h4-7,10H,1-3,14H2. The van der Waals surface area contributed by atoms with Crippen LogP contribution in [-0.4, -0.2) is 15.0 Å². The Balaban J connectivity index is 2.06. The van der Waals surface area contributed by atoms with Gasteiger partial charge in [-0.05, 0) is 43.5 Å². The summed E-state index contributed by atoms with van der Waals surface area (Å²) in [5.74, 6) is 0.151. The molecule has 0 atom stereocenters. The minimum Gasteiger partial charge on any atom is -0.380 e. The van der Waals surface area contributed by atoms with Crippen LogP contribution < -0.4 is 5.73 Å². The third-order valence-electron chi connectivity index (χ3n) is 3.26. The molecule has 2 aromatic rings. The van der Waals surface area contributed by atoms with Crippen molar-refractivity contribution in [3.63, 3.8) is 0 Å². The van der Waals surface area contributed by atoms with Gasteiger partial charge in [0.1, 0.15) is 11.5 Å². The van der Waals surface area contributed by atoms with Gasteiger partial charge in [0.05, 0.1) is 6.04 Å². The fourth-order valence-electron chi connectivity index (χ4n) is 2.08. The van der Waals surface area contributed by atoms with Crippen molar-refractivity contribution < 1.29 is 4.39 Å². The van der Waals surface area contributed by atoms with E-state index < -0.39 is 0 Å². The van der Waals surface area contributed by atoms with E-state index in [2.05, 4.69) is 10.3 Å². The summed E-state index contributed by atoms with van der Waals surface area (Å²) in [6.07, 6.45) is 3.43. The van der Waals surface area contributed by atoms with Gasteiger partial charge in [-0.15, -0.1) is 5.10 Å². The molecule has 1 aliphatic carbocycles. The molecule has 0 amide bonds. The number of halogens is 1. The summed E-state index contributed by atoms with van der Waals surface area (Å²) in [6, 6.07) is 6.65. The summed E-state index contributed by atoms with van der Waals surface area (Å²) in [6.45, 7) is 0. The number of hydrogen-bond acceptors (Lipinski definition) is 3. The van der Waals surface area contributed by atoms with Crippen molar-refractivity contribution in [2.45, 2.75) is 25.3 Å². The van der Waals surface area contributed by atoms with Gasteiger partial charge in [0.15, 0.2) is 5.82 Å². The quantitative estimate of drug-likeness (QED) is 0.864. The van der Waals surface area contributed by atoms with Crippen molar-refractivity contribution in [2.75, 3.05) is 5.73 Å². The van der Waals surface area contributed by atoms with Crippen molar-refractivity contribution in [1.82, 2.24) is 15.0 Å². The highest BCUT2D eigenvalue weighted by atomic mass is 19.1. The zero-order valence-corrected chi connectivity index (χ0v) is 9.31. The van der Waals surface area contributed by atoms with E-state index in [0.717, 1.165) is 24.1 Å². The molecule has 0 aliphatic heterocycles. The Labute approximate surface area is 98.2 Å². The number of nitrogens with zero attached hydrogens (tertiary/aromatic N) is 3. The van der Waals surface area contributed by atoms with Crippen LogP contribution in [0.25, 0.3) is 11.3 Å². The van der Waals surface area contributed by atoms with Crippen LogP contribution in [0.15, 0.2) is 24.3 Å². The average molecular weight is 232 g/mol. The zero-order valence-electron chi connectivity index (χ0n) is 9.31. The number of benzene rings is 1. The molecule has 1 aromatic heterocycles. The van der Waals surface area contributed by atoms with E-state index in [1.807, 2.05) is 4.68 Å². The molecule has 0 bridgehead atoms. The molecule has 1 aliphatic rings. The van der Waals surface area contributed by atoms with E-state index >= 15 is 0 Å². The molecule has 2 N–H and O–H groups in total. The lowest BCUT2D eigenvalue weighted by molar-refractivity contribution is 0.287. The summed E-state index contributed by atoms with van der Waals surface area (Å²) in [5, 5.41) is 8.00. The molecule has 1 aromatic carbocycles.